The first-order chi connectivity index (χ1) is 9.31. The molecule has 2 aliphatic rings. The lowest BCUT2D eigenvalue weighted by atomic mass is 10.2. The fourth-order valence-corrected chi connectivity index (χ4v) is 3.15. The highest BCUT2D eigenvalue weighted by molar-refractivity contribution is 7.17. The summed E-state index contributed by atoms with van der Waals surface area (Å²) in [5.74, 6) is 0.601. The largest absolute Gasteiger partial charge is 0.340 e. The van der Waals surface area contributed by atoms with Crippen molar-refractivity contribution in [2.75, 3.05) is 5.32 Å². The summed E-state index contributed by atoms with van der Waals surface area (Å²) < 4.78 is 14.4. The number of fused-ring (bicyclic) bond motifs is 3. The zero-order valence-corrected chi connectivity index (χ0v) is 10.6. The van der Waals surface area contributed by atoms with Gasteiger partial charge in [0.05, 0.1) is 5.69 Å². The van der Waals surface area contributed by atoms with Crippen molar-refractivity contribution in [3.8, 4) is 11.3 Å². The highest BCUT2D eigenvalue weighted by Gasteiger charge is 2.17. The summed E-state index contributed by atoms with van der Waals surface area (Å²) in [5.41, 5.74) is 2.89. The van der Waals surface area contributed by atoms with Crippen molar-refractivity contribution in [3.63, 3.8) is 0 Å². The predicted octanol–water partition coefficient (Wildman–Crippen LogP) is 4.55. The van der Waals surface area contributed by atoms with Gasteiger partial charge in [-0.1, -0.05) is 6.07 Å². The fraction of sp³-hybridized carbons (Fsp3) is 0. The molecule has 0 fully saturated rings. The molecule has 2 aromatic rings. The summed E-state index contributed by atoms with van der Waals surface area (Å²) in [6.45, 7) is 0. The molecular formula is C14H10FN3S. The molecule has 0 amide bonds. The van der Waals surface area contributed by atoms with Crippen LogP contribution in [0.3, 0.4) is 0 Å². The zero-order valence-electron chi connectivity index (χ0n) is 9.83. The number of nitrogens with one attached hydrogen (secondary N) is 3. The summed E-state index contributed by atoms with van der Waals surface area (Å²) in [6, 6.07) is 10.6. The van der Waals surface area contributed by atoms with Crippen LogP contribution in [0.5, 0.6) is 0 Å². The maximum atomic E-state index is 13.2. The Morgan fingerprint density at radius 3 is 2.95 bits per heavy atom. The lowest BCUT2D eigenvalue weighted by Gasteiger charge is -2.04. The number of aromatic amines is 2. The molecule has 0 unspecified atom stereocenters. The van der Waals surface area contributed by atoms with Gasteiger partial charge in [-0.15, -0.1) is 11.3 Å². The second-order valence-corrected chi connectivity index (χ2v) is 5.34. The van der Waals surface area contributed by atoms with Crippen molar-refractivity contribution < 1.29 is 4.39 Å². The number of rotatable bonds is 2. The Bertz CT molecular complexity index is 826. The standard InChI is InChI=1S/C14H10FN3S/c15-8-2-1-3-9(6-8)16-14-11-7-12-10(4-5-19-12)13(11)17-18-14/h1-7,16-18H. The van der Waals surface area contributed by atoms with Crippen molar-refractivity contribution in [1.29, 1.82) is 0 Å². The predicted molar refractivity (Wildman–Crippen MR) is 76.8 cm³/mol. The van der Waals surface area contributed by atoms with Gasteiger partial charge in [-0.2, -0.15) is 0 Å². The maximum Gasteiger partial charge on any atom is 0.132 e. The second kappa shape index (κ2) is 3.86. The van der Waals surface area contributed by atoms with Crippen LogP contribution in [0.15, 0.2) is 41.8 Å². The molecular weight excluding hydrogens is 261 g/mol. The third-order valence-electron chi connectivity index (χ3n) is 3.19. The zero-order chi connectivity index (χ0) is 12.8. The highest BCUT2D eigenvalue weighted by Crippen LogP contribution is 2.40. The van der Waals surface area contributed by atoms with Crippen LogP contribution in [-0.4, -0.2) is 10.2 Å². The molecule has 3 N–H and O–H groups in total. The lowest BCUT2D eigenvalue weighted by molar-refractivity contribution is 0.628. The van der Waals surface area contributed by atoms with Crippen molar-refractivity contribution >= 4 is 32.9 Å². The SMILES string of the molecule is Fc1cccc(Nc2[nH][nH]c3c4ccsc4cc2-3)c1. The number of hydrogen-bond donors (Lipinski definition) is 3. The molecule has 5 heteroatoms. The van der Waals surface area contributed by atoms with E-state index < -0.39 is 0 Å². The molecule has 94 valence electrons. The first-order valence-corrected chi connectivity index (χ1v) is 6.78. The van der Waals surface area contributed by atoms with E-state index in [0.717, 1.165) is 22.8 Å². The Kier molecular flexibility index (Phi) is 2.16. The van der Waals surface area contributed by atoms with E-state index in [2.05, 4.69) is 33.0 Å². The smallest absolute Gasteiger partial charge is 0.132 e. The Morgan fingerprint density at radius 1 is 1.11 bits per heavy atom. The second-order valence-electron chi connectivity index (χ2n) is 4.39. The summed E-state index contributed by atoms with van der Waals surface area (Å²) in [6.07, 6.45) is 0. The van der Waals surface area contributed by atoms with Gasteiger partial charge in [0.1, 0.15) is 11.6 Å². The number of anilines is 2. The molecule has 1 aliphatic carbocycles. The molecule has 2 heterocycles. The number of H-pyrrole nitrogens is 2. The first-order valence-electron chi connectivity index (χ1n) is 5.90. The molecule has 3 nitrogen and oxygen atoms in total. The molecule has 0 atom stereocenters. The van der Waals surface area contributed by atoms with E-state index in [1.807, 2.05) is 6.07 Å². The highest BCUT2D eigenvalue weighted by atomic mass is 32.1. The van der Waals surface area contributed by atoms with E-state index in [1.165, 1.54) is 22.2 Å². The molecule has 0 saturated heterocycles. The van der Waals surface area contributed by atoms with Crippen LogP contribution < -0.4 is 5.32 Å². The van der Waals surface area contributed by atoms with Gasteiger partial charge < -0.3 is 5.32 Å². The minimum atomic E-state index is -0.250. The molecule has 1 aromatic heterocycles. The van der Waals surface area contributed by atoms with Gasteiger partial charge in [0.2, 0.25) is 0 Å². The Labute approximate surface area is 112 Å². The summed E-state index contributed by atoms with van der Waals surface area (Å²) in [7, 11) is 0. The van der Waals surface area contributed by atoms with Gasteiger partial charge in [-0.25, -0.2) is 4.39 Å². The van der Waals surface area contributed by atoms with E-state index in [4.69, 9.17) is 0 Å². The monoisotopic (exact) mass is 271 g/mol. The minimum absolute atomic E-state index is 0.250. The van der Waals surface area contributed by atoms with Crippen molar-refractivity contribution in [2.45, 2.75) is 0 Å². The van der Waals surface area contributed by atoms with E-state index in [-0.39, 0.29) is 5.82 Å². The number of thiophene rings is 1. The first kappa shape index (κ1) is 10.6. The molecule has 0 radical (unpaired) electrons. The van der Waals surface area contributed by atoms with E-state index >= 15 is 0 Å². The number of aromatic nitrogens is 2. The van der Waals surface area contributed by atoms with Crippen LogP contribution >= 0.6 is 11.3 Å². The summed E-state index contributed by atoms with van der Waals surface area (Å²) in [4.78, 5) is 0. The molecule has 1 aromatic carbocycles. The van der Waals surface area contributed by atoms with Crippen LogP contribution in [0.2, 0.25) is 0 Å². The molecule has 0 bridgehead atoms. The average Bonchev–Trinajstić information content (AvgIpc) is 3.03. The lowest BCUT2D eigenvalue weighted by Crippen LogP contribution is -1.91. The van der Waals surface area contributed by atoms with Gasteiger partial charge in [0, 0.05) is 21.3 Å². The minimum Gasteiger partial charge on any atom is -0.340 e. The van der Waals surface area contributed by atoms with Crippen molar-refractivity contribution in [2.24, 2.45) is 0 Å². The normalized spacial score (nSPS) is 11.4. The molecule has 4 rings (SSSR count). The van der Waals surface area contributed by atoms with Crippen LogP contribution in [0.1, 0.15) is 0 Å². The van der Waals surface area contributed by atoms with Gasteiger partial charge in [-0.3, -0.25) is 10.2 Å². The third kappa shape index (κ3) is 1.62. The topological polar surface area (TPSA) is 43.6 Å². The van der Waals surface area contributed by atoms with E-state index in [9.17, 15) is 4.39 Å². The van der Waals surface area contributed by atoms with E-state index in [0.29, 0.717) is 0 Å². The van der Waals surface area contributed by atoms with Gasteiger partial charge in [0.15, 0.2) is 0 Å². The average molecular weight is 271 g/mol. The molecule has 0 spiro atoms. The maximum absolute atomic E-state index is 13.2. The number of benzene rings is 1. The third-order valence-corrected chi connectivity index (χ3v) is 4.05. The fourth-order valence-electron chi connectivity index (χ4n) is 2.32. The van der Waals surface area contributed by atoms with Crippen LogP contribution in [0.4, 0.5) is 15.9 Å². The summed E-state index contributed by atoms with van der Waals surface area (Å²) >= 11 is 1.71. The van der Waals surface area contributed by atoms with Crippen molar-refractivity contribution in [3.05, 3.63) is 47.6 Å². The number of hydrogen-bond acceptors (Lipinski definition) is 2. The quantitative estimate of drug-likeness (QED) is 0.492. The molecule has 1 aliphatic heterocycles. The molecule has 0 saturated carbocycles. The van der Waals surface area contributed by atoms with Crippen LogP contribution in [-0.2, 0) is 0 Å². The van der Waals surface area contributed by atoms with Crippen LogP contribution in [0, 0.1) is 5.82 Å². The van der Waals surface area contributed by atoms with Gasteiger partial charge >= 0.3 is 0 Å². The Balaban J connectivity index is 1.78. The Morgan fingerprint density at radius 2 is 2.05 bits per heavy atom. The van der Waals surface area contributed by atoms with Crippen molar-refractivity contribution in [1.82, 2.24) is 10.2 Å². The Hall–Kier alpha value is -2.27. The molecule has 19 heavy (non-hydrogen) atoms. The van der Waals surface area contributed by atoms with Gasteiger partial charge in [-0.05, 0) is 35.7 Å². The summed E-state index contributed by atoms with van der Waals surface area (Å²) in [5, 5.41) is 12.7. The van der Waals surface area contributed by atoms with Crippen LogP contribution in [0.25, 0.3) is 21.3 Å². The van der Waals surface area contributed by atoms with E-state index in [1.54, 1.807) is 17.4 Å². The number of halogens is 1. The van der Waals surface area contributed by atoms with Gasteiger partial charge in [0.25, 0.3) is 0 Å².